The van der Waals surface area contributed by atoms with E-state index in [2.05, 4.69) is 13.2 Å². The van der Waals surface area contributed by atoms with Gasteiger partial charge in [0.2, 0.25) is 0 Å². The molecular weight excluding hydrogens is 680 g/mol. The number of hydrogen-bond donors (Lipinski definition) is 1. The molecule has 0 aliphatic carbocycles. The minimum atomic E-state index is -1.41. The summed E-state index contributed by atoms with van der Waals surface area (Å²) in [4.78, 5) is 60.3. The lowest BCUT2D eigenvalue weighted by Crippen LogP contribution is -2.25. The van der Waals surface area contributed by atoms with Gasteiger partial charge in [0.1, 0.15) is 23.0 Å². The zero-order chi connectivity index (χ0) is 37.9. The van der Waals surface area contributed by atoms with Crippen LogP contribution in [-0.2, 0) is 23.7 Å². The minimum Gasteiger partial charge on any atom is -0.463 e. The summed E-state index contributed by atoms with van der Waals surface area (Å²) >= 11 is 0. The molecule has 3 aromatic carbocycles. The smallest absolute Gasteiger partial charge is 0.463 e. The monoisotopic (exact) mass is 720 g/mol. The van der Waals surface area contributed by atoms with Crippen LogP contribution in [0.2, 0.25) is 0 Å². The van der Waals surface area contributed by atoms with E-state index < -0.39 is 36.0 Å². The Morgan fingerprint density at radius 2 is 1.10 bits per heavy atom. The molecule has 0 fully saturated rings. The van der Waals surface area contributed by atoms with Gasteiger partial charge in [-0.25, -0.2) is 24.0 Å². The molecule has 0 saturated heterocycles. The summed E-state index contributed by atoms with van der Waals surface area (Å²) in [5, 5.41) is 9.69. The lowest BCUT2D eigenvalue weighted by Gasteiger charge is -2.18. The molecule has 1 unspecified atom stereocenters. The molecule has 1 N–H and O–H groups in total. The zero-order valence-electron chi connectivity index (χ0n) is 28.8. The number of carbonyl (C=O) groups is 5. The van der Waals surface area contributed by atoms with Gasteiger partial charge in [0.05, 0.1) is 37.6 Å². The average molecular weight is 721 g/mol. The Morgan fingerprint density at radius 1 is 0.635 bits per heavy atom. The van der Waals surface area contributed by atoms with E-state index in [4.69, 9.17) is 37.9 Å². The molecular formula is C38H40O14. The first-order valence-corrected chi connectivity index (χ1v) is 16.1. The number of esters is 3. The van der Waals surface area contributed by atoms with Gasteiger partial charge in [0.15, 0.2) is 5.79 Å². The summed E-state index contributed by atoms with van der Waals surface area (Å²) in [6.45, 7) is 10.5. The number of carbonyl (C=O) groups excluding carboxylic acids is 5. The molecule has 14 nitrogen and oxygen atoms in total. The van der Waals surface area contributed by atoms with Crippen molar-refractivity contribution in [1.82, 2.24) is 0 Å². The second kappa shape index (κ2) is 20.6. The highest BCUT2D eigenvalue weighted by molar-refractivity contribution is 5.92. The molecule has 0 aliphatic heterocycles. The Labute approximate surface area is 300 Å². The standard InChI is InChI=1S/C38H40O14/c1-5-33(39)45-21-7-8-22-46-36(42)51-30-17-13-28(14-18-30)35(41)52-32-20-19-31(25-26(32)3)49-34(40)27-11-15-29(16-12-27)50-37(43)47-23-9-10-24-48-38(4,44)6-2/h5-6,11-20,25,44H,1-2,7-10,21-24H2,3-4H3. The highest BCUT2D eigenvalue weighted by atomic mass is 16.7. The summed E-state index contributed by atoms with van der Waals surface area (Å²) in [5.74, 6) is -2.53. The summed E-state index contributed by atoms with van der Waals surface area (Å²) in [6, 6.07) is 15.8. The summed E-state index contributed by atoms with van der Waals surface area (Å²) in [6.07, 6.45) is 2.49. The van der Waals surface area contributed by atoms with E-state index in [-0.39, 0.29) is 60.6 Å². The maximum Gasteiger partial charge on any atom is 0.513 e. The minimum absolute atomic E-state index is 0.0676. The Kier molecular flexibility index (Phi) is 16.0. The van der Waals surface area contributed by atoms with Crippen LogP contribution in [0.1, 0.15) is 58.9 Å². The maximum atomic E-state index is 12.7. The highest BCUT2D eigenvalue weighted by Crippen LogP contribution is 2.26. The quantitative estimate of drug-likeness (QED) is 0.0203. The van der Waals surface area contributed by atoms with Crippen LogP contribution in [0.15, 0.2) is 92.0 Å². The van der Waals surface area contributed by atoms with Crippen LogP contribution < -0.4 is 18.9 Å². The van der Waals surface area contributed by atoms with Gasteiger partial charge in [-0.1, -0.05) is 13.2 Å². The van der Waals surface area contributed by atoms with E-state index in [1.165, 1.54) is 79.7 Å². The van der Waals surface area contributed by atoms with Crippen LogP contribution in [-0.4, -0.2) is 67.5 Å². The Hall–Kier alpha value is -5.99. The first-order chi connectivity index (χ1) is 24.9. The van der Waals surface area contributed by atoms with Crippen molar-refractivity contribution in [3.8, 4) is 23.0 Å². The number of aryl methyl sites for hydroxylation is 1. The fraction of sp³-hybridized carbons (Fsp3) is 0.289. The molecule has 3 rings (SSSR count). The van der Waals surface area contributed by atoms with Crippen molar-refractivity contribution in [2.24, 2.45) is 0 Å². The normalized spacial score (nSPS) is 11.6. The fourth-order valence-electron chi connectivity index (χ4n) is 3.98. The van der Waals surface area contributed by atoms with Crippen molar-refractivity contribution in [3.05, 3.63) is 109 Å². The van der Waals surface area contributed by atoms with Gasteiger partial charge in [0.25, 0.3) is 0 Å². The maximum absolute atomic E-state index is 12.7. The van der Waals surface area contributed by atoms with E-state index in [9.17, 15) is 29.1 Å². The lowest BCUT2D eigenvalue weighted by molar-refractivity contribution is -0.153. The Bertz CT molecular complexity index is 1690. The first-order valence-electron chi connectivity index (χ1n) is 16.1. The van der Waals surface area contributed by atoms with Gasteiger partial charge in [-0.15, -0.1) is 0 Å². The summed E-state index contributed by atoms with van der Waals surface area (Å²) in [5.41, 5.74) is 0.888. The van der Waals surface area contributed by atoms with E-state index in [1.54, 1.807) is 6.92 Å². The molecule has 0 amide bonds. The zero-order valence-corrected chi connectivity index (χ0v) is 28.8. The van der Waals surface area contributed by atoms with Crippen molar-refractivity contribution < 1.29 is 67.0 Å². The molecule has 0 heterocycles. The van der Waals surface area contributed by atoms with Crippen molar-refractivity contribution >= 4 is 30.2 Å². The average Bonchev–Trinajstić information content (AvgIpc) is 3.12. The Balaban J connectivity index is 1.40. The predicted molar refractivity (Wildman–Crippen MR) is 184 cm³/mol. The largest absolute Gasteiger partial charge is 0.513 e. The lowest BCUT2D eigenvalue weighted by atomic mass is 10.2. The second-order valence-electron chi connectivity index (χ2n) is 11.0. The van der Waals surface area contributed by atoms with Crippen LogP contribution in [0, 0.1) is 6.92 Å². The van der Waals surface area contributed by atoms with E-state index in [1.807, 2.05) is 0 Å². The number of hydrogen-bond acceptors (Lipinski definition) is 14. The molecule has 0 aliphatic rings. The van der Waals surface area contributed by atoms with E-state index in [0.29, 0.717) is 31.2 Å². The van der Waals surface area contributed by atoms with E-state index in [0.717, 1.165) is 6.08 Å². The third-order valence-electron chi connectivity index (χ3n) is 6.84. The van der Waals surface area contributed by atoms with Crippen LogP contribution in [0.5, 0.6) is 23.0 Å². The van der Waals surface area contributed by atoms with Gasteiger partial charge in [-0.3, -0.25) is 0 Å². The van der Waals surface area contributed by atoms with Crippen LogP contribution >= 0.6 is 0 Å². The molecule has 0 bridgehead atoms. The molecule has 276 valence electrons. The molecule has 0 spiro atoms. The van der Waals surface area contributed by atoms with Crippen molar-refractivity contribution in [2.75, 3.05) is 26.4 Å². The third-order valence-corrected chi connectivity index (χ3v) is 6.84. The van der Waals surface area contributed by atoms with Crippen LogP contribution in [0.4, 0.5) is 9.59 Å². The molecule has 0 aromatic heterocycles. The van der Waals surface area contributed by atoms with Crippen LogP contribution in [0.25, 0.3) is 0 Å². The highest BCUT2D eigenvalue weighted by Gasteiger charge is 2.16. The number of aliphatic hydroxyl groups is 1. The number of unbranched alkanes of at least 4 members (excludes halogenated alkanes) is 2. The summed E-state index contributed by atoms with van der Waals surface area (Å²) in [7, 11) is 0. The van der Waals surface area contributed by atoms with E-state index >= 15 is 0 Å². The van der Waals surface area contributed by atoms with Crippen molar-refractivity contribution in [2.45, 2.75) is 45.3 Å². The molecule has 14 heteroatoms. The molecule has 0 saturated carbocycles. The molecule has 1 atom stereocenters. The molecule has 0 radical (unpaired) electrons. The Morgan fingerprint density at radius 3 is 1.58 bits per heavy atom. The van der Waals surface area contributed by atoms with Crippen molar-refractivity contribution in [3.63, 3.8) is 0 Å². The van der Waals surface area contributed by atoms with Gasteiger partial charge in [0, 0.05) is 6.08 Å². The predicted octanol–water partition coefficient (Wildman–Crippen LogP) is 6.66. The van der Waals surface area contributed by atoms with Gasteiger partial charge < -0.3 is 43.0 Å². The first kappa shape index (κ1) is 40.4. The number of benzene rings is 3. The van der Waals surface area contributed by atoms with Gasteiger partial charge >= 0.3 is 30.2 Å². The van der Waals surface area contributed by atoms with Crippen LogP contribution in [0.3, 0.4) is 0 Å². The van der Waals surface area contributed by atoms with Gasteiger partial charge in [-0.05, 0) is 118 Å². The molecule has 52 heavy (non-hydrogen) atoms. The molecule has 3 aromatic rings. The number of ether oxygens (including phenoxy) is 8. The third kappa shape index (κ3) is 14.5. The SMILES string of the molecule is C=CC(=O)OCCCCOC(=O)Oc1ccc(C(=O)Oc2ccc(OC(=O)c3ccc(OC(=O)OCCCCOC(C)(O)C=C)cc3)cc2C)cc1. The fourth-order valence-corrected chi connectivity index (χ4v) is 3.98. The summed E-state index contributed by atoms with van der Waals surface area (Å²) < 4.78 is 41.2. The van der Waals surface area contributed by atoms with Crippen molar-refractivity contribution in [1.29, 1.82) is 0 Å². The van der Waals surface area contributed by atoms with Gasteiger partial charge in [-0.2, -0.15) is 0 Å². The second-order valence-corrected chi connectivity index (χ2v) is 11.0. The number of rotatable bonds is 19. The topological polar surface area (TPSA) is 179 Å².